The molecule has 0 bridgehead atoms. The van der Waals surface area contributed by atoms with Crippen LogP contribution in [0.5, 0.6) is 11.5 Å². The van der Waals surface area contributed by atoms with Gasteiger partial charge < -0.3 is 19.5 Å². The Kier molecular flexibility index (Phi) is 3.05. The highest BCUT2D eigenvalue weighted by molar-refractivity contribution is 6.31. The molecule has 0 aromatic heterocycles. The fourth-order valence-corrected chi connectivity index (χ4v) is 3.54. The minimum absolute atomic E-state index is 0.00900. The number of halogens is 1. The lowest BCUT2D eigenvalue weighted by Crippen LogP contribution is -2.34. The maximum absolute atomic E-state index is 6.39. The number of benzene rings is 1. The SMILES string of the molecule is Clc1cc2c(cc1C1CNCCO1)OC1(CCCC1)O2. The Labute approximate surface area is 123 Å². The highest BCUT2D eigenvalue weighted by Crippen LogP contribution is 2.49. The summed E-state index contributed by atoms with van der Waals surface area (Å²) in [7, 11) is 0. The van der Waals surface area contributed by atoms with Gasteiger partial charge >= 0.3 is 0 Å². The van der Waals surface area contributed by atoms with Gasteiger partial charge in [-0.3, -0.25) is 0 Å². The van der Waals surface area contributed by atoms with Crippen molar-refractivity contribution in [2.75, 3.05) is 19.7 Å². The van der Waals surface area contributed by atoms with Crippen LogP contribution in [-0.4, -0.2) is 25.5 Å². The molecule has 4 nitrogen and oxygen atoms in total. The average molecular weight is 296 g/mol. The van der Waals surface area contributed by atoms with Crippen molar-refractivity contribution < 1.29 is 14.2 Å². The van der Waals surface area contributed by atoms with Gasteiger partial charge in [-0.2, -0.15) is 0 Å². The smallest absolute Gasteiger partial charge is 0.251 e. The zero-order valence-corrected chi connectivity index (χ0v) is 12.0. The van der Waals surface area contributed by atoms with E-state index in [4.69, 9.17) is 25.8 Å². The van der Waals surface area contributed by atoms with E-state index in [9.17, 15) is 0 Å². The monoisotopic (exact) mass is 295 g/mol. The van der Waals surface area contributed by atoms with Gasteiger partial charge in [0, 0.05) is 37.6 Å². The fourth-order valence-electron chi connectivity index (χ4n) is 3.26. The Bertz CT molecular complexity index is 522. The van der Waals surface area contributed by atoms with Crippen molar-refractivity contribution in [1.29, 1.82) is 0 Å². The molecule has 2 aliphatic heterocycles. The molecule has 1 saturated heterocycles. The van der Waals surface area contributed by atoms with E-state index in [1.54, 1.807) is 0 Å². The van der Waals surface area contributed by atoms with Crippen molar-refractivity contribution in [3.8, 4) is 11.5 Å². The summed E-state index contributed by atoms with van der Waals surface area (Å²) in [6, 6.07) is 3.86. The molecular formula is C15H18ClNO3. The molecule has 1 aromatic rings. The molecule has 1 aliphatic carbocycles. The van der Waals surface area contributed by atoms with E-state index < -0.39 is 5.79 Å². The lowest BCUT2D eigenvalue weighted by molar-refractivity contribution is -0.0717. The molecule has 3 aliphatic rings. The quantitative estimate of drug-likeness (QED) is 0.864. The summed E-state index contributed by atoms with van der Waals surface area (Å²) in [6.07, 6.45) is 4.21. The molecule has 0 amide bonds. The van der Waals surface area contributed by atoms with Gasteiger partial charge in [-0.25, -0.2) is 0 Å². The topological polar surface area (TPSA) is 39.7 Å². The molecule has 1 spiro atoms. The maximum Gasteiger partial charge on any atom is 0.251 e. The van der Waals surface area contributed by atoms with Crippen molar-refractivity contribution in [3.05, 3.63) is 22.7 Å². The molecule has 5 heteroatoms. The van der Waals surface area contributed by atoms with Crippen LogP contribution in [0, 0.1) is 0 Å². The van der Waals surface area contributed by atoms with Crippen molar-refractivity contribution in [2.45, 2.75) is 37.6 Å². The summed E-state index contributed by atoms with van der Waals surface area (Å²) < 4.78 is 17.9. The zero-order valence-electron chi connectivity index (χ0n) is 11.3. The summed E-state index contributed by atoms with van der Waals surface area (Å²) in [5.41, 5.74) is 0.983. The van der Waals surface area contributed by atoms with Crippen molar-refractivity contribution >= 4 is 11.6 Å². The number of morpholine rings is 1. The van der Waals surface area contributed by atoms with Crippen molar-refractivity contribution in [3.63, 3.8) is 0 Å². The van der Waals surface area contributed by atoms with Crippen LogP contribution in [-0.2, 0) is 4.74 Å². The van der Waals surface area contributed by atoms with Crippen LogP contribution >= 0.6 is 11.6 Å². The molecule has 2 fully saturated rings. The highest BCUT2D eigenvalue weighted by Gasteiger charge is 2.44. The van der Waals surface area contributed by atoms with Gasteiger partial charge in [0.15, 0.2) is 11.5 Å². The number of ether oxygens (including phenoxy) is 3. The molecule has 1 aromatic carbocycles. The summed E-state index contributed by atoms with van der Waals surface area (Å²) >= 11 is 6.39. The Morgan fingerprint density at radius 1 is 1.15 bits per heavy atom. The average Bonchev–Trinajstić information content (AvgIpc) is 3.05. The largest absolute Gasteiger partial charge is 0.448 e. The van der Waals surface area contributed by atoms with Gasteiger partial charge in [-0.05, 0) is 18.9 Å². The standard InChI is InChI=1S/C15H18ClNO3/c16-11-8-13-12(19-15(20-13)3-1-2-4-15)7-10(11)14-9-17-5-6-18-14/h7-8,14,17H,1-6,9H2. The molecule has 1 unspecified atom stereocenters. The second-order valence-corrected chi connectivity index (χ2v) is 6.11. The Hall–Kier alpha value is -0.970. The molecule has 20 heavy (non-hydrogen) atoms. The molecular weight excluding hydrogens is 278 g/mol. The molecule has 0 radical (unpaired) electrons. The molecule has 2 heterocycles. The Morgan fingerprint density at radius 3 is 2.60 bits per heavy atom. The van der Waals surface area contributed by atoms with Crippen LogP contribution < -0.4 is 14.8 Å². The Morgan fingerprint density at radius 2 is 1.90 bits per heavy atom. The van der Waals surface area contributed by atoms with Gasteiger partial charge in [0.05, 0.1) is 17.7 Å². The summed E-state index contributed by atoms with van der Waals surface area (Å²) in [6.45, 7) is 2.38. The van der Waals surface area contributed by atoms with Gasteiger partial charge in [-0.15, -0.1) is 0 Å². The van der Waals surface area contributed by atoms with Gasteiger partial charge in [0.2, 0.25) is 0 Å². The number of rotatable bonds is 1. The van der Waals surface area contributed by atoms with Crippen molar-refractivity contribution in [1.82, 2.24) is 5.32 Å². The van der Waals surface area contributed by atoms with Gasteiger partial charge in [-0.1, -0.05) is 11.6 Å². The molecule has 1 N–H and O–H groups in total. The van der Waals surface area contributed by atoms with E-state index in [1.807, 2.05) is 12.1 Å². The van der Waals surface area contributed by atoms with E-state index in [1.165, 1.54) is 0 Å². The molecule has 108 valence electrons. The number of fused-ring (bicyclic) bond motifs is 1. The van der Waals surface area contributed by atoms with Crippen LogP contribution in [0.25, 0.3) is 0 Å². The lowest BCUT2D eigenvalue weighted by atomic mass is 10.1. The second-order valence-electron chi connectivity index (χ2n) is 5.71. The second kappa shape index (κ2) is 4.79. The van der Waals surface area contributed by atoms with Crippen LogP contribution in [0.4, 0.5) is 0 Å². The maximum atomic E-state index is 6.39. The minimum atomic E-state index is -0.435. The third-order valence-corrected chi connectivity index (χ3v) is 4.62. The summed E-state index contributed by atoms with van der Waals surface area (Å²) in [5.74, 6) is 1.14. The molecule has 4 rings (SSSR count). The zero-order chi connectivity index (χ0) is 13.6. The third kappa shape index (κ3) is 2.07. The number of hydrogen-bond donors (Lipinski definition) is 1. The normalized spacial score (nSPS) is 27.1. The van der Waals surface area contributed by atoms with E-state index >= 15 is 0 Å². The first-order valence-electron chi connectivity index (χ1n) is 7.30. The van der Waals surface area contributed by atoms with E-state index in [-0.39, 0.29) is 6.10 Å². The van der Waals surface area contributed by atoms with Gasteiger partial charge in [0.25, 0.3) is 5.79 Å². The predicted molar refractivity (Wildman–Crippen MR) is 75.5 cm³/mol. The molecule has 1 atom stereocenters. The van der Waals surface area contributed by atoms with Gasteiger partial charge in [0.1, 0.15) is 0 Å². The van der Waals surface area contributed by atoms with E-state index in [0.717, 1.165) is 55.8 Å². The minimum Gasteiger partial charge on any atom is -0.448 e. The summed E-state index contributed by atoms with van der Waals surface area (Å²) in [4.78, 5) is 0. The molecule has 1 saturated carbocycles. The fraction of sp³-hybridized carbons (Fsp3) is 0.600. The summed E-state index contributed by atoms with van der Waals surface area (Å²) in [5, 5.41) is 4.01. The Balaban J connectivity index is 1.64. The third-order valence-electron chi connectivity index (χ3n) is 4.29. The first kappa shape index (κ1) is 12.7. The first-order valence-corrected chi connectivity index (χ1v) is 7.67. The van der Waals surface area contributed by atoms with Crippen LogP contribution in [0.3, 0.4) is 0 Å². The van der Waals surface area contributed by atoms with Crippen LogP contribution in [0.2, 0.25) is 5.02 Å². The number of nitrogens with one attached hydrogen (secondary N) is 1. The number of hydrogen-bond acceptors (Lipinski definition) is 4. The van der Waals surface area contributed by atoms with Crippen molar-refractivity contribution in [2.24, 2.45) is 0 Å². The van der Waals surface area contributed by atoms with Crippen LogP contribution in [0.15, 0.2) is 12.1 Å². The van der Waals surface area contributed by atoms with E-state index in [0.29, 0.717) is 11.6 Å². The predicted octanol–water partition coefficient (Wildman–Crippen LogP) is 3.04. The highest BCUT2D eigenvalue weighted by atomic mass is 35.5. The van der Waals surface area contributed by atoms with E-state index in [2.05, 4.69) is 5.32 Å². The van der Waals surface area contributed by atoms with Crippen LogP contribution in [0.1, 0.15) is 37.4 Å². The lowest BCUT2D eigenvalue weighted by Gasteiger charge is -2.24. The first-order chi connectivity index (χ1) is 9.76.